The summed E-state index contributed by atoms with van der Waals surface area (Å²) in [6, 6.07) is 11.3. The lowest BCUT2D eigenvalue weighted by Crippen LogP contribution is -2.15. The molecule has 0 aliphatic rings. The number of aromatic amines is 1. The summed E-state index contributed by atoms with van der Waals surface area (Å²) in [6.45, 7) is 0. The number of hydrogen-bond donors (Lipinski definition) is 3. The summed E-state index contributed by atoms with van der Waals surface area (Å²) >= 11 is 1.04. The highest BCUT2D eigenvalue weighted by Crippen LogP contribution is 2.19. The van der Waals surface area contributed by atoms with E-state index in [-0.39, 0.29) is 17.4 Å². The number of amides is 1. The number of carbonyl (C=O) groups excluding carboxylic acids is 1. The first-order chi connectivity index (χ1) is 9.65. The van der Waals surface area contributed by atoms with E-state index in [4.69, 9.17) is 5.11 Å². The molecule has 0 bridgehead atoms. The average molecular weight is 291 g/mol. The van der Waals surface area contributed by atoms with Gasteiger partial charge >= 0.3 is 5.97 Å². The smallest absolute Gasteiger partial charge is 0.313 e. The first-order valence-corrected chi connectivity index (χ1v) is 7.01. The molecule has 0 aliphatic heterocycles. The van der Waals surface area contributed by atoms with E-state index >= 15 is 0 Å². The second kappa shape index (κ2) is 6.76. The molecule has 6 nitrogen and oxygen atoms in total. The van der Waals surface area contributed by atoms with Gasteiger partial charge in [-0.15, -0.1) is 11.8 Å². The molecule has 0 aliphatic carbocycles. The fourth-order valence-corrected chi connectivity index (χ4v) is 2.10. The van der Waals surface area contributed by atoms with Crippen LogP contribution in [-0.2, 0) is 9.59 Å². The van der Waals surface area contributed by atoms with Crippen molar-refractivity contribution in [2.24, 2.45) is 0 Å². The third kappa shape index (κ3) is 4.13. The van der Waals surface area contributed by atoms with Crippen LogP contribution >= 0.6 is 11.8 Å². The second-order valence-corrected chi connectivity index (χ2v) is 4.95. The Bertz CT molecular complexity index is 598. The topological polar surface area (TPSA) is 95.1 Å². The largest absolute Gasteiger partial charge is 0.481 e. The maximum absolute atomic E-state index is 11.6. The lowest BCUT2D eigenvalue weighted by Gasteiger charge is -1.99. The molecule has 0 atom stereocenters. The van der Waals surface area contributed by atoms with E-state index in [0.29, 0.717) is 5.82 Å². The SMILES string of the molecule is O=C(O)CSCC(=O)Nc1cc(-c2ccccc2)[nH]n1. The second-order valence-electron chi connectivity index (χ2n) is 3.97. The molecule has 0 saturated carbocycles. The third-order valence-electron chi connectivity index (χ3n) is 2.39. The van der Waals surface area contributed by atoms with Crippen LogP contribution in [0, 0.1) is 0 Å². The van der Waals surface area contributed by atoms with E-state index in [0.717, 1.165) is 23.0 Å². The van der Waals surface area contributed by atoms with E-state index in [1.54, 1.807) is 6.07 Å². The Labute approximate surface area is 119 Å². The van der Waals surface area contributed by atoms with Gasteiger partial charge in [-0.25, -0.2) is 0 Å². The molecule has 1 heterocycles. The molecule has 1 aromatic carbocycles. The van der Waals surface area contributed by atoms with Gasteiger partial charge in [0, 0.05) is 6.07 Å². The summed E-state index contributed by atoms with van der Waals surface area (Å²) in [7, 11) is 0. The van der Waals surface area contributed by atoms with Crippen molar-refractivity contribution in [2.75, 3.05) is 16.8 Å². The number of aliphatic carboxylic acids is 1. The van der Waals surface area contributed by atoms with E-state index in [9.17, 15) is 9.59 Å². The number of carboxylic acid groups (broad SMARTS) is 1. The highest BCUT2D eigenvalue weighted by Gasteiger charge is 2.08. The first-order valence-electron chi connectivity index (χ1n) is 5.85. The fourth-order valence-electron chi connectivity index (χ4n) is 1.56. The minimum absolute atomic E-state index is 0.0832. The number of anilines is 1. The Balaban J connectivity index is 1.90. The molecule has 0 fully saturated rings. The molecule has 0 saturated heterocycles. The minimum Gasteiger partial charge on any atom is -0.481 e. The Hall–Kier alpha value is -2.28. The number of H-pyrrole nitrogens is 1. The van der Waals surface area contributed by atoms with Crippen LogP contribution in [0.2, 0.25) is 0 Å². The van der Waals surface area contributed by atoms with Crippen molar-refractivity contribution < 1.29 is 14.7 Å². The summed E-state index contributed by atoms with van der Waals surface area (Å²) < 4.78 is 0. The van der Waals surface area contributed by atoms with Crippen LogP contribution in [0.15, 0.2) is 36.4 Å². The lowest BCUT2D eigenvalue weighted by molar-refractivity contribution is -0.133. The van der Waals surface area contributed by atoms with Gasteiger partial charge in [0.15, 0.2) is 5.82 Å². The summed E-state index contributed by atoms with van der Waals surface area (Å²) in [4.78, 5) is 21.9. The Morgan fingerprint density at radius 1 is 1.25 bits per heavy atom. The molecule has 0 unspecified atom stereocenters. The van der Waals surface area contributed by atoms with E-state index < -0.39 is 5.97 Å². The standard InChI is InChI=1S/C13H13N3O3S/c17-12(7-20-8-13(18)19)14-11-6-10(15-16-11)9-4-2-1-3-5-9/h1-6H,7-8H2,(H,18,19)(H2,14,15,16,17). The maximum atomic E-state index is 11.6. The van der Waals surface area contributed by atoms with Crippen LogP contribution in [0.5, 0.6) is 0 Å². The van der Waals surface area contributed by atoms with Crippen molar-refractivity contribution in [2.45, 2.75) is 0 Å². The number of carbonyl (C=O) groups is 2. The van der Waals surface area contributed by atoms with E-state index in [1.807, 2.05) is 30.3 Å². The van der Waals surface area contributed by atoms with Crippen LogP contribution in [0.1, 0.15) is 0 Å². The summed E-state index contributed by atoms with van der Waals surface area (Å²) in [5.74, 6) is -0.802. The number of rotatable bonds is 6. The normalized spacial score (nSPS) is 10.2. The van der Waals surface area contributed by atoms with E-state index in [2.05, 4.69) is 15.5 Å². The van der Waals surface area contributed by atoms with Crippen molar-refractivity contribution in [3.8, 4) is 11.3 Å². The van der Waals surface area contributed by atoms with Crippen molar-refractivity contribution in [1.29, 1.82) is 0 Å². The summed E-state index contributed by atoms with van der Waals surface area (Å²) in [5, 5.41) is 17.9. The van der Waals surface area contributed by atoms with Gasteiger partial charge in [0.25, 0.3) is 0 Å². The summed E-state index contributed by atoms with van der Waals surface area (Å²) in [6.07, 6.45) is 0. The number of nitrogens with zero attached hydrogens (tertiary/aromatic N) is 1. The zero-order valence-electron chi connectivity index (χ0n) is 10.5. The van der Waals surface area contributed by atoms with Gasteiger partial charge in [0.2, 0.25) is 5.91 Å². The predicted molar refractivity (Wildman–Crippen MR) is 77.6 cm³/mol. The van der Waals surface area contributed by atoms with Crippen LogP contribution in [0.3, 0.4) is 0 Å². The summed E-state index contributed by atoms with van der Waals surface area (Å²) in [5.41, 5.74) is 1.78. The molecule has 0 radical (unpaired) electrons. The van der Waals surface area contributed by atoms with Gasteiger partial charge in [0.1, 0.15) is 0 Å². The lowest BCUT2D eigenvalue weighted by atomic mass is 10.2. The Morgan fingerprint density at radius 3 is 2.70 bits per heavy atom. The monoisotopic (exact) mass is 291 g/mol. The number of nitrogens with one attached hydrogen (secondary N) is 2. The van der Waals surface area contributed by atoms with Crippen LogP contribution in [0.4, 0.5) is 5.82 Å². The molecule has 0 spiro atoms. The number of benzene rings is 1. The van der Waals surface area contributed by atoms with Crippen molar-refractivity contribution in [1.82, 2.24) is 10.2 Å². The molecule has 20 heavy (non-hydrogen) atoms. The van der Waals surface area contributed by atoms with Gasteiger partial charge in [-0.3, -0.25) is 14.7 Å². The number of aromatic nitrogens is 2. The highest BCUT2D eigenvalue weighted by atomic mass is 32.2. The van der Waals surface area contributed by atoms with Gasteiger partial charge in [-0.1, -0.05) is 30.3 Å². The first kappa shape index (κ1) is 14.1. The molecule has 2 aromatic rings. The molecular weight excluding hydrogens is 278 g/mol. The number of carboxylic acids is 1. The van der Waals surface area contributed by atoms with Crippen LogP contribution in [0.25, 0.3) is 11.3 Å². The third-order valence-corrected chi connectivity index (χ3v) is 3.31. The minimum atomic E-state index is -0.936. The van der Waals surface area contributed by atoms with Gasteiger partial charge in [0.05, 0.1) is 17.2 Å². The zero-order valence-corrected chi connectivity index (χ0v) is 11.3. The fraction of sp³-hybridized carbons (Fsp3) is 0.154. The van der Waals surface area contributed by atoms with Gasteiger partial charge in [-0.2, -0.15) is 5.10 Å². The molecule has 2 rings (SSSR count). The molecule has 3 N–H and O–H groups in total. The Kier molecular flexibility index (Phi) is 4.78. The highest BCUT2D eigenvalue weighted by molar-refractivity contribution is 8.00. The molecule has 104 valence electrons. The van der Waals surface area contributed by atoms with Gasteiger partial charge < -0.3 is 10.4 Å². The predicted octanol–water partition coefficient (Wildman–Crippen LogP) is 1.83. The van der Waals surface area contributed by atoms with E-state index in [1.165, 1.54) is 0 Å². The number of thioether (sulfide) groups is 1. The number of hydrogen-bond acceptors (Lipinski definition) is 4. The Morgan fingerprint density at radius 2 is 2.00 bits per heavy atom. The molecule has 1 amide bonds. The quantitative estimate of drug-likeness (QED) is 0.754. The molecule has 1 aromatic heterocycles. The van der Waals surface area contributed by atoms with Crippen molar-refractivity contribution >= 4 is 29.5 Å². The maximum Gasteiger partial charge on any atom is 0.313 e. The van der Waals surface area contributed by atoms with Crippen LogP contribution < -0.4 is 5.32 Å². The van der Waals surface area contributed by atoms with Crippen LogP contribution in [-0.4, -0.2) is 38.7 Å². The van der Waals surface area contributed by atoms with Gasteiger partial charge in [-0.05, 0) is 5.56 Å². The zero-order chi connectivity index (χ0) is 14.4. The average Bonchev–Trinajstić information content (AvgIpc) is 2.88. The molecular formula is C13H13N3O3S. The van der Waals surface area contributed by atoms with Crippen molar-refractivity contribution in [3.63, 3.8) is 0 Å². The van der Waals surface area contributed by atoms with Crippen molar-refractivity contribution in [3.05, 3.63) is 36.4 Å². The molecule has 7 heteroatoms.